The van der Waals surface area contributed by atoms with Crippen LogP contribution in [0.4, 0.5) is 15.8 Å². The maximum Gasteiger partial charge on any atom is 0.231 e. The van der Waals surface area contributed by atoms with Crippen molar-refractivity contribution >= 4 is 11.4 Å². The summed E-state index contributed by atoms with van der Waals surface area (Å²) in [6, 6.07) is 28.7. The van der Waals surface area contributed by atoms with Crippen LogP contribution in [0.25, 0.3) is 0 Å². The number of para-hydroxylation sites is 1. The lowest BCUT2D eigenvalue weighted by atomic mass is 10.2. The fraction of sp³-hybridized carbons (Fsp3) is 0.368. The lowest BCUT2D eigenvalue weighted by molar-refractivity contribution is 0.173. The summed E-state index contributed by atoms with van der Waals surface area (Å²) in [5.41, 5.74) is 2.39. The molecule has 4 aliphatic rings. The number of ether oxygens (including phenoxy) is 6. The molecule has 258 valence electrons. The van der Waals surface area contributed by atoms with Crippen molar-refractivity contribution in [2.24, 2.45) is 0 Å². The summed E-state index contributed by atoms with van der Waals surface area (Å²) in [5, 5.41) is 0. The van der Waals surface area contributed by atoms with E-state index in [2.05, 4.69) is 49.9 Å². The molecule has 4 heterocycles. The Kier molecular flexibility index (Phi) is 10.7. The zero-order valence-corrected chi connectivity index (χ0v) is 27.7. The Bertz CT molecular complexity index is 1630. The number of fused-ring (bicyclic) bond motifs is 2. The van der Waals surface area contributed by atoms with Crippen molar-refractivity contribution < 1.29 is 32.8 Å². The van der Waals surface area contributed by atoms with Gasteiger partial charge < -0.3 is 38.2 Å². The highest BCUT2D eigenvalue weighted by Gasteiger charge is 2.19. The highest BCUT2D eigenvalue weighted by atomic mass is 19.1. The number of anilines is 2. The number of rotatable bonds is 10. The number of benzene rings is 4. The van der Waals surface area contributed by atoms with Crippen molar-refractivity contribution in [3.63, 3.8) is 0 Å². The standard InChI is InChI=1S/C19H21FN2O3.C19H22N2O3/c20-15-1-3-16(4-2-15)22-9-7-21(8-10-22)11-12-23-17-5-6-18-19(13-17)25-14-24-18;1-2-4-16(5-3-1)21-10-8-20(9-11-21)12-13-22-17-6-7-18-19(14-17)24-15-23-18/h1-6,13H,7-12,14H2;1-7,14H,8-13,15H2. The summed E-state index contributed by atoms with van der Waals surface area (Å²) < 4.78 is 46.0. The normalized spacial score (nSPS) is 17.0. The van der Waals surface area contributed by atoms with Crippen LogP contribution in [0.1, 0.15) is 0 Å². The van der Waals surface area contributed by atoms with Crippen LogP contribution in [-0.2, 0) is 0 Å². The second-order valence-corrected chi connectivity index (χ2v) is 12.2. The van der Waals surface area contributed by atoms with Gasteiger partial charge in [-0.05, 0) is 60.7 Å². The van der Waals surface area contributed by atoms with Crippen molar-refractivity contribution in [1.82, 2.24) is 9.80 Å². The van der Waals surface area contributed by atoms with Gasteiger partial charge in [0.2, 0.25) is 13.6 Å². The fourth-order valence-corrected chi connectivity index (χ4v) is 6.27. The van der Waals surface area contributed by atoms with E-state index < -0.39 is 0 Å². The number of hydrogen-bond donors (Lipinski definition) is 0. The van der Waals surface area contributed by atoms with E-state index >= 15 is 0 Å². The number of halogens is 1. The van der Waals surface area contributed by atoms with Crippen LogP contribution >= 0.6 is 0 Å². The Labute approximate surface area is 287 Å². The molecule has 0 aliphatic carbocycles. The minimum absolute atomic E-state index is 0.192. The molecule has 4 aromatic carbocycles. The molecule has 0 spiro atoms. The van der Waals surface area contributed by atoms with Gasteiger partial charge in [0.15, 0.2) is 23.0 Å². The van der Waals surface area contributed by atoms with Gasteiger partial charge in [0.25, 0.3) is 0 Å². The maximum atomic E-state index is 13.0. The summed E-state index contributed by atoms with van der Waals surface area (Å²) in [6.45, 7) is 11.8. The summed E-state index contributed by atoms with van der Waals surface area (Å²) in [4.78, 5) is 9.56. The third kappa shape index (κ3) is 8.79. The zero-order valence-electron chi connectivity index (χ0n) is 27.7. The van der Waals surface area contributed by atoms with Crippen molar-refractivity contribution in [3.05, 3.63) is 96.8 Å². The number of piperazine rings is 2. The van der Waals surface area contributed by atoms with Gasteiger partial charge in [-0.25, -0.2) is 4.39 Å². The molecule has 10 nitrogen and oxygen atoms in total. The van der Waals surface area contributed by atoms with Crippen LogP contribution in [-0.4, -0.2) is 102 Å². The predicted molar refractivity (Wildman–Crippen MR) is 186 cm³/mol. The summed E-state index contributed by atoms with van der Waals surface area (Å²) in [6.07, 6.45) is 0. The second kappa shape index (κ2) is 16.0. The van der Waals surface area contributed by atoms with Crippen LogP contribution in [0.3, 0.4) is 0 Å². The van der Waals surface area contributed by atoms with Crippen LogP contribution < -0.4 is 38.2 Å². The molecular formula is C38H43FN4O6. The second-order valence-electron chi connectivity index (χ2n) is 12.2. The van der Waals surface area contributed by atoms with E-state index in [4.69, 9.17) is 28.4 Å². The minimum Gasteiger partial charge on any atom is -0.492 e. The fourth-order valence-electron chi connectivity index (χ4n) is 6.27. The van der Waals surface area contributed by atoms with E-state index in [1.165, 1.54) is 17.8 Å². The molecule has 49 heavy (non-hydrogen) atoms. The first kappa shape index (κ1) is 32.7. The Hall–Kier alpha value is -4.87. The van der Waals surface area contributed by atoms with Crippen LogP contribution in [0.15, 0.2) is 91.0 Å². The Morgan fingerprint density at radius 2 is 0.939 bits per heavy atom. The summed E-state index contributed by atoms with van der Waals surface area (Å²) >= 11 is 0. The molecule has 11 heteroatoms. The molecule has 0 aromatic heterocycles. The molecule has 8 rings (SSSR count). The maximum absolute atomic E-state index is 13.0. The lowest BCUT2D eigenvalue weighted by Crippen LogP contribution is -2.47. The highest BCUT2D eigenvalue weighted by molar-refractivity contribution is 5.49. The monoisotopic (exact) mass is 670 g/mol. The van der Waals surface area contributed by atoms with Crippen LogP contribution in [0, 0.1) is 5.82 Å². The molecule has 4 aromatic rings. The third-order valence-corrected chi connectivity index (χ3v) is 9.10. The summed E-state index contributed by atoms with van der Waals surface area (Å²) in [5.74, 6) is 4.51. The molecular weight excluding hydrogens is 627 g/mol. The first-order chi connectivity index (χ1) is 24.2. The molecule has 0 radical (unpaired) electrons. The van der Waals surface area contributed by atoms with Crippen molar-refractivity contribution in [1.29, 1.82) is 0 Å². The SMILES string of the molecule is Fc1ccc(N2CCN(CCOc3ccc4c(c3)OCO4)CC2)cc1.c1ccc(N2CCN(CCOc3ccc4c(c3)OCO4)CC2)cc1. The third-order valence-electron chi connectivity index (χ3n) is 9.10. The largest absolute Gasteiger partial charge is 0.492 e. The van der Waals surface area contributed by atoms with E-state index in [0.717, 1.165) is 106 Å². The Morgan fingerprint density at radius 3 is 1.43 bits per heavy atom. The van der Waals surface area contributed by atoms with Gasteiger partial charge in [-0.1, -0.05) is 18.2 Å². The topological polar surface area (TPSA) is 68.3 Å². The number of hydrogen-bond acceptors (Lipinski definition) is 10. The van der Waals surface area contributed by atoms with Gasteiger partial charge in [-0.15, -0.1) is 0 Å². The quantitative estimate of drug-likeness (QED) is 0.220. The molecule has 0 amide bonds. The zero-order chi connectivity index (χ0) is 33.3. The molecule has 0 saturated carbocycles. The van der Waals surface area contributed by atoms with Crippen molar-refractivity contribution in [3.8, 4) is 34.5 Å². The van der Waals surface area contributed by atoms with Gasteiger partial charge in [0.1, 0.15) is 30.5 Å². The van der Waals surface area contributed by atoms with E-state index in [1.807, 2.05) is 48.5 Å². The van der Waals surface area contributed by atoms with E-state index in [-0.39, 0.29) is 12.6 Å². The molecule has 2 saturated heterocycles. The lowest BCUT2D eigenvalue weighted by Gasteiger charge is -2.36. The minimum atomic E-state index is -0.192. The van der Waals surface area contributed by atoms with Crippen molar-refractivity contribution in [2.75, 3.05) is 102 Å². The smallest absolute Gasteiger partial charge is 0.231 e. The van der Waals surface area contributed by atoms with Crippen LogP contribution in [0.2, 0.25) is 0 Å². The number of nitrogens with zero attached hydrogens (tertiary/aromatic N) is 4. The summed E-state index contributed by atoms with van der Waals surface area (Å²) in [7, 11) is 0. The van der Waals surface area contributed by atoms with Gasteiger partial charge in [-0.2, -0.15) is 0 Å². The van der Waals surface area contributed by atoms with Gasteiger partial charge in [0, 0.05) is 89.0 Å². The average Bonchev–Trinajstić information content (AvgIpc) is 3.83. The van der Waals surface area contributed by atoms with Crippen LogP contribution in [0.5, 0.6) is 34.5 Å². The predicted octanol–water partition coefficient (Wildman–Crippen LogP) is 5.37. The molecule has 0 bridgehead atoms. The van der Waals surface area contributed by atoms with E-state index in [1.54, 1.807) is 0 Å². The van der Waals surface area contributed by atoms with Gasteiger partial charge in [-0.3, -0.25) is 9.80 Å². The Balaban J connectivity index is 0.000000154. The molecule has 4 aliphatic heterocycles. The van der Waals surface area contributed by atoms with Crippen molar-refractivity contribution in [2.45, 2.75) is 0 Å². The molecule has 0 unspecified atom stereocenters. The van der Waals surface area contributed by atoms with E-state index in [9.17, 15) is 4.39 Å². The van der Waals surface area contributed by atoms with Gasteiger partial charge in [0.05, 0.1) is 0 Å². The molecule has 0 atom stereocenters. The first-order valence-corrected chi connectivity index (χ1v) is 17.0. The first-order valence-electron chi connectivity index (χ1n) is 17.0. The highest BCUT2D eigenvalue weighted by Crippen LogP contribution is 2.36. The molecule has 0 N–H and O–H groups in total. The van der Waals surface area contributed by atoms with Gasteiger partial charge >= 0.3 is 0 Å². The molecule has 2 fully saturated rings. The Morgan fingerprint density at radius 1 is 0.490 bits per heavy atom. The van der Waals surface area contributed by atoms with E-state index in [0.29, 0.717) is 20.0 Å². The average molecular weight is 671 g/mol.